The third kappa shape index (κ3) is 2.42. The molecule has 1 aromatic carbocycles. The number of nitrogens with zero attached hydrogens (tertiary/aromatic N) is 3. The van der Waals surface area contributed by atoms with Gasteiger partial charge in [0.2, 0.25) is 0 Å². The lowest BCUT2D eigenvalue weighted by Gasteiger charge is -2.29. The summed E-state index contributed by atoms with van der Waals surface area (Å²) in [6.45, 7) is 4.15. The van der Waals surface area contributed by atoms with E-state index < -0.39 is 0 Å². The van der Waals surface area contributed by atoms with Crippen molar-refractivity contribution in [2.24, 2.45) is 0 Å². The summed E-state index contributed by atoms with van der Waals surface area (Å²) in [4.78, 5) is 2.32. The quantitative estimate of drug-likeness (QED) is 0.861. The molecule has 0 bridgehead atoms. The van der Waals surface area contributed by atoms with Crippen LogP contribution < -0.4 is 10.6 Å². The van der Waals surface area contributed by atoms with Gasteiger partial charge in [0.1, 0.15) is 0 Å². The minimum Gasteiger partial charge on any atom is -0.398 e. The Bertz CT molecular complexity index is 657. The van der Waals surface area contributed by atoms with Crippen molar-refractivity contribution in [3.63, 3.8) is 0 Å². The highest BCUT2D eigenvalue weighted by Crippen LogP contribution is 2.32. The Kier molecular flexibility index (Phi) is 3.63. The van der Waals surface area contributed by atoms with Gasteiger partial charge in [-0.3, -0.25) is 0 Å². The molecule has 0 aliphatic carbocycles. The highest BCUT2D eigenvalue weighted by Gasteiger charge is 2.21. The molecule has 3 heterocycles. The Morgan fingerprint density at radius 1 is 1.14 bits per heavy atom. The second-order valence-electron chi connectivity index (χ2n) is 5.98. The van der Waals surface area contributed by atoms with E-state index >= 15 is 0 Å². The van der Waals surface area contributed by atoms with E-state index in [1.165, 1.54) is 6.42 Å². The molecule has 22 heavy (non-hydrogen) atoms. The zero-order valence-corrected chi connectivity index (χ0v) is 12.7. The average molecular weight is 302 g/mol. The second kappa shape index (κ2) is 5.78. The lowest BCUT2D eigenvalue weighted by atomic mass is 10.1. The predicted octanol–water partition coefficient (Wildman–Crippen LogP) is 2.15. The van der Waals surface area contributed by atoms with Gasteiger partial charge in [-0.2, -0.15) is 5.10 Å². The summed E-state index contributed by atoms with van der Waals surface area (Å²) >= 11 is 0. The Balaban J connectivity index is 1.74. The first-order valence-corrected chi connectivity index (χ1v) is 8.04. The van der Waals surface area contributed by atoms with Gasteiger partial charge in [0.05, 0.1) is 24.9 Å². The van der Waals surface area contributed by atoms with Gasteiger partial charge in [-0.05, 0) is 31.4 Å². The zero-order valence-electron chi connectivity index (χ0n) is 12.7. The van der Waals surface area contributed by atoms with Crippen LogP contribution in [0.1, 0.15) is 25.5 Å². The van der Waals surface area contributed by atoms with Gasteiger partial charge in [-0.1, -0.05) is 0 Å². The van der Waals surface area contributed by atoms with Crippen LogP contribution in [-0.2, 0) is 9.47 Å². The number of fused-ring (bicyclic) bond motifs is 1. The molecule has 2 N–H and O–H groups in total. The van der Waals surface area contributed by atoms with Crippen molar-refractivity contribution in [1.29, 1.82) is 0 Å². The van der Waals surface area contributed by atoms with Gasteiger partial charge in [-0.15, -0.1) is 0 Å². The second-order valence-corrected chi connectivity index (χ2v) is 5.98. The maximum absolute atomic E-state index is 6.25. The molecule has 6 heteroatoms. The maximum atomic E-state index is 6.25. The average Bonchev–Trinajstić information content (AvgIpc) is 3.01. The van der Waals surface area contributed by atoms with E-state index in [2.05, 4.69) is 16.1 Å². The number of hydrogen-bond acceptors (Lipinski definition) is 5. The van der Waals surface area contributed by atoms with E-state index in [1.807, 2.05) is 16.9 Å². The number of anilines is 2. The van der Waals surface area contributed by atoms with Gasteiger partial charge in [-0.25, -0.2) is 4.68 Å². The minimum atomic E-state index is 0.0330. The molecule has 6 nitrogen and oxygen atoms in total. The number of nitrogens with two attached hydrogens (primary N) is 1. The molecule has 1 aromatic heterocycles. The summed E-state index contributed by atoms with van der Waals surface area (Å²) in [5, 5.41) is 5.54. The van der Waals surface area contributed by atoms with Crippen molar-refractivity contribution in [1.82, 2.24) is 9.78 Å². The molecule has 1 unspecified atom stereocenters. The van der Waals surface area contributed by atoms with Crippen LogP contribution in [0.15, 0.2) is 18.3 Å². The Morgan fingerprint density at radius 3 is 2.77 bits per heavy atom. The molecule has 2 aliphatic heterocycles. The number of nitrogen functional groups attached to an aromatic ring is 1. The number of morpholine rings is 1. The van der Waals surface area contributed by atoms with E-state index in [1.54, 1.807) is 0 Å². The van der Waals surface area contributed by atoms with Crippen molar-refractivity contribution in [3.05, 3.63) is 18.3 Å². The topological polar surface area (TPSA) is 65.5 Å². The predicted molar refractivity (Wildman–Crippen MR) is 86.0 cm³/mol. The van der Waals surface area contributed by atoms with Gasteiger partial charge in [0.15, 0.2) is 6.23 Å². The molecule has 0 spiro atoms. The van der Waals surface area contributed by atoms with Crippen LogP contribution >= 0.6 is 0 Å². The Hall–Kier alpha value is -1.79. The molecule has 4 rings (SSSR count). The Morgan fingerprint density at radius 2 is 2.00 bits per heavy atom. The van der Waals surface area contributed by atoms with Crippen LogP contribution in [0.4, 0.5) is 11.4 Å². The lowest BCUT2D eigenvalue weighted by Crippen LogP contribution is -2.36. The highest BCUT2D eigenvalue weighted by atomic mass is 16.5. The first kappa shape index (κ1) is 13.8. The highest BCUT2D eigenvalue weighted by molar-refractivity contribution is 5.93. The number of aromatic nitrogens is 2. The molecule has 0 amide bonds. The summed E-state index contributed by atoms with van der Waals surface area (Å²) < 4.78 is 13.3. The van der Waals surface area contributed by atoms with Crippen LogP contribution in [0.2, 0.25) is 0 Å². The number of benzene rings is 1. The van der Waals surface area contributed by atoms with E-state index in [0.29, 0.717) is 0 Å². The fourth-order valence-corrected chi connectivity index (χ4v) is 3.31. The van der Waals surface area contributed by atoms with Crippen LogP contribution in [0.5, 0.6) is 0 Å². The molecular weight excluding hydrogens is 280 g/mol. The van der Waals surface area contributed by atoms with Gasteiger partial charge < -0.3 is 20.1 Å². The molecule has 0 saturated carbocycles. The number of rotatable bonds is 2. The summed E-state index contributed by atoms with van der Waals surface area (Å²) in [6, 6.07) is 4.23. The monoisotopic (exact) mass is 302 g/mol. The van der Waals surface area contributed by atoms with Crippen LogP contribution in [-0.4, -0.2) is 42.7 Å². The third-order valence-corrected chi connectivity index (χ3v) is 4.54. The fraction of sp³-hybridized carbons (Fsp3) is 0.562. The molecule has 2 fully saturated rings. The molecule has 2 aliphatic rings. The maximum Gasteiger partial charge on any atom is 0.150 e. The normalized spacial score (nSPS) is 23.1. The van der Waals surface area contributed by atoms with Crippen molar-refractivity contribution >= 4 is 22.3 Å². The standard InChI is InChI=1S/C16H22N4O2/c17-14-9-12(19-4-7-21-8-5-19)10-15-13(14)11-18-20(15)16-3-1-2-6-22-16/h9-11,16H,1-8,17H2. The first-order valence-electron chi connectivity index (χ1n) is 8.04. The lowest BCUT2D eigenvalue weighted by molar-refractivity contribution is -0.0366. The van der Waals surface area contributed by atoms with Gasteiger partial charge >= 0.3 is 0 Å². The van der Waals surface area contributed by atoms with Gasteiger partial charge in [0, 0.05) is 36.5 Å². The van der Waals surface area contributed by atoms with Crippen LogP contribution in [0.3, 0.4) is 0 Å². The van der Waals surface area contributed by atoms with Gasteiger partial charge in [0.25, 0.3) is 0 Å². The molecule has 118 valence electrons. The number of hydrogen-bond donors (Lipinski definition) is 1. The van der Waals surface area contributed by atoms with Crippen LogP contribution in [0.25, 0.3) is 10.9 Å². The zero-order chi connectivity index (χ0) is 14.9. The van der Waals surface area contributed by atoms with Crippen LogP contribution in [0, 0.1) is 0 Å². The molecule has 2 aromatic rings. The summed E-state index contributed by atoms with van der Waals surface area (Å²) in [6.07, 6.45) is 5.22. The van der Waals surface area contributed by atoms with Crippen molar-refractivity contribution in [2.75, 3.05) is 43.5 Å². The molecular formula is C16H22N4O2. The minimum absolute atomic E-state index is 0.0330. The largest absolute Gasteiger partial charge is 0.398 e. The van der Waals surface area contributed by atoms with E-state index in [-0.39, 0.29) is 6.23 Å². The third-order valence-electron chi connectivity index (χ3n) is 4.54. The van der Waals surface area contributed by atoms with E-state index in [4.69, 9.17) is 15.2 Å². The van der Waals surface area contributed by atoms with E-state index in [9.17, 15) is 0 Å². The Labute approximate surface area is 129 Å². The van der Waals surface area contributed by atoms with E-state index in [0.717, 1.165) is 68.0 Å². The summed E-state index contributed by atoms with van der Waals surface area (Å²) in [5.41, 5.74) is 9.24. The fourth-order valence-electron chi connectivity index (χ4n) is 3.31. The number of ether oxygens (including phenoxy) is 2. The first-order chi connectivity index (χ1) is 10.8. The SMILES string of the molecule is Nc1cc(N2CCOCC2)cc2c1cnn2C1CCCCO1. The molecule has 0 radical (unpaired) electrons. The smallest absolute Gasteiger partial charge is 0.150 e. The molecule has 2 saturated heterocycles. The van der Waals surface area contributed by atoms with Crippen molar-refractivity contribution < 1.29 is 9.47 Å². The van der Waals surface area contributed by atoms with Crippen molar-refractivity contribution in [3.8, 4) is 0 Å². The summed E-state index contributed by atoms with van der Waals surface area (Å²) in [5.74, 6) is 0. The summed E-state index contributed by atoms with van der Waals surface area (Å²) in [7, 11) is 0. The van der Waals surface area contributed by atoms with Crippen molar-refractivity contribution in [2.45, 2.75) is 25.5 Å². The molecule has 1 atom stereocenters.